The van der Waals surface area contributed by atoms with Crippen molar-refractivity contribution in [1.29, 1.82) is 0 Å². The fraction of sp³-hybridized carbons (Fsp3) is 0.143. The fourth-order valence-electron chi connectivity index (χ4n) is 1.74. The van der Waals surface area contributed by atoms with Gasteiger partial charge in [-0.25, -0.2) is 4.39 Å². The van der Waals surface area contributed by atoms with Crippen molar-refractivity contribution in [2.45, 2.75) is 4.83 Å². The third-order valence-electron chi connectivity index (χ3n) is 2.78. The van der Waals surface area contributed by atoms with Crippen LogP contribution in [0.4, 0.5) is 4.39 Å². The molecule has 0 spiro atoms. The van der Waals surface area contributed by atoms with Gasteiger partial charge in [0.05, 0.1) is 21.4 Å². The van der Waals surface area contributed by atoms with Crippen LogP contribution in [0, 0.1) is 5.82 Å². The van der Waals surface area contributed by atoms with E-state index in [1.807, 2.05) is 0 Å². The molecule has 0 radical (unpaired) electrons. The van der Waals surface area contributed by atoms with Crippen molar-refractivity contribution in [1.82, 2.24) is 0 Å². The highest BCUT2D eigenvalue weighted by molar-refractivity contribution is 9.10. The van der Waals surface area contributed by atoms with Gasteiger partial charge in [0.25, 0.3) is 0 Å². The van der Waals surface area contributed by atoms with Gasteiger partial charge in [-0.3, -0.25) is 0 Å². The molecular formula is C14H9Br2Cl2FO. The van der Waals surface area contributed by atoms with Crippen LogP contribution in [0.5, 0.6) is 5.75 Å². The standard InChI is InChI=1S/C14H9Br2Cl2FO/c1-20-13-6-10(17)8(5-11(13)18)14(16)7-2-3-9(15)12(19)4-7/h2-6,14H,1H3. The van der Waals surface area contributed by atoms with Gasteiger partial charge in [0.15, 0.2) is 0 Å². The van der Waals surface area contributed by atoms with Crippen LogP contribution in [0.3, 0.4) is 0 Å². The summed E-state index contributed by atoms with van der Waals surface area (Å²) in [4.78, 5) is -0.263. The van der Waals surface area contributed by atoms with E-state index in [1.54, 1.807) is 24.3 Å². The van der Waals surface area contributed by atoms with Crippen molar-refractivity contribution in [3.05, 3.63) is 61.8 Å². The largest absolute Gasteiger partial charge is 0.495 e. The molecule has 1 nitrogen and oxygen atoms in total. The van der Waals surface area contributed by atoms with Crippen LogP contribution in [-0.2, 0) is 0 Å². The molecule has 0 saturated carbocycles. The third-order valence-corrected chi connectivity index (χ3v) is 5.07. The molecule has 0 saturated heterocycles. The number of ether oxygens (including phenoxy) is 1. The molecule has 0 aliphatic carbocycles. The predicted octanol–water partition coefficient (Wildman–Crippen LogP) is 6.39. The first-order chi connectivity index (χ1) is 9.43. The van der Waals surface area contributed by atoms with Gasteiger partial charge in [-0.1, -0.05) is 45.2 Å². The summed E-state index contributed by atoms with van der Waals surface area (Å²) < 4.78 is 19.1. The quantitative estimate of drug-likeness (QED) is 0.500. The van der Waals surface area contributed by atoms with E-state index in [1.165, 1.54) is 13.2 Å². The van der Waals surface area contributed by atoms with Crippen molar-refractivity contribution in [2.75, 3.05) is 7.11 Å². The van der Waals surface area contributed by atoms with Crippen LogP contribution in [0.25, 0.3) is 0 Å². The van der Waals surface area contributed by atoms with E-state index in [-0.39, 0.29) is 10.6 Å². The smallest absolute Gasteiger partial charge is 0.138 e. The zero-order valence-corrected chi connectivity index (χ0v) is 14.9. The molecule has 2 rings (SSSR count). The van der Waals surface area contributed by atoms with E-state index in [0.29, 0.717) is 20.3 Å². The lowest BCUT2D eigenvalue weighted by Crippen LogP contribution is -1.96. The van der Waals surface area contributed by atoms with E-state index in [9.17, 15) is 4.39 Å². The second kappa shape index (κ2) is 6.65. The molecule has 106 valence electrons. The van der Waals surface area contributed by atoms with E-state index < -0.39 is 0 Å². The summed E-state index contributed by atoms with van der Waals surface area (Å²) in [5, 5.41) is 0.949. The Morgan fingerprint density at radius 3 is 2.45 bits per heavy atom. The summed E-state index contributed by atoms with van der Waals surface area (Å²) in [6, 6.07) is 8.25. The number of hydrogen-bond donors (Lipinski definition) is 0. The first-order valence-electron chi connectivity index (χ1n) is 5.56. The van der Waals surface area contributed by atoms with Gasteiger partial charge in [-0.05, 0) is 45.3 Å². The Balaban J connectivity index is 2.45. The van der Waals surface area contributed by atoms with Gasteiger partial charge in [-0.15, -0.1) is 0 Å². The molecular weight excluding hydrogens is 434 g/mol. The maximum absolute atomic E-state index is 13.6. The number of rotatable bonds is 3. The molecule has 0 aliphatic rings. The second-order valence-corrected chi connectivity index (χ2v) is 6.63. The number of hydrogen-bond acceptors (Lipinski definition) is 1. The Morgan fingerprint density at radius 2 is 1.85 bits per heavy atom. The number of benzene rings is 2. The summed E-state index contributed by atoms with van der Waals surface area (Å²) in [5.41, 5.74) is 1.49. The second-order valence-electron chi connectivity index (χ2n) is 4.04. The predicted molar refractivity (Wildman–Crippen MR) is 87.9 cm³/mol. The van der Waals surface area contributed by atoms with E-state index in [4.69, 9.17) is 27.9 Å². The fourth-order valence-corrected chi connectivity index (χ4v) is 3.30. The van der Waals surface area contributed by atoms with Crippen molar-refractivity contribution < 1.29 is 9.13 Å². The molecule has 2 aromatic rings. The first kappa shape index (κ1) is 16.1. The van der Waals surface area contributed by atoms with Crippen LogP contribution in [-0.4, -0.2) is 7.11 Å². The Morgan fingerprint density at radius 1 is 1.15 bits per heavy atom. The highest BCUT2D eigenvalue weighted by atomic mass is 79.9. The third kappa shape index (κ3) is 3.30. The van der Waals surface area contributed by atoms with Crippen molar-refractivity contribution >= 4 is 55.1 Å². The maximum Gasteiger partial charge on any atom is 0.138 e. The van der Waals surface area contributed by atoms with E-state index in [2.05, 4.69) is 31.9 Å². The highest BCUT2D eigenvalue weighted by Gasteiger charge is 2.17. The van der Waals surface area contributed by atoms with E-state index >= 15 is 0 Å². The van der Waals surface area contributed by atoms with Crippen LogP contribution in [0.15, 0.2) is 34.8 Å². The van der Waals surface area contributed by atoms with Crippen molar-refractivity contribution in [3.63, 3.8) is 0 Å². The number of halogens is 5. The molecule has 0 aliphatic heterocycles. The van der Waals surface area contributed by atoms with Gasteiger partial charge >= 0.3 is 0 Å². The minimum atomic E-state index is -0.331. The van der Waals surface area contributed by atoms with Gasteiger partial charge in [-0.2, -0.15) is 0 Å². The highest BCUT2D eigenvalue weighted by Crippen LogP contribution is 2.40. The summed E-state index contributed by atoms with van der Waals surface area (Å²) in [7, 11) is 1.52. The molecule has 0 fully saturated rings. The Hall–Kier alpha value is -0.290. The SMILES string of the molecule is COc1cc(Cl)c(C(Br)c2ccc(Br)c(F)c2)cc1Cl. The molecule has 0 N–H and O–H groups in total. The average Bonchev–Trinajstić information content (AvgIpc) is 2.43. The maximum atomic E-state index is 13.6. The summed E-state index contributed by atoms with van der Waals surface area (Å²) in [6.45, 7) is 0. The number of methoxy groups -OCH3 is 1. The molecule has 1 atom stereocenters. The normalized spacial score (nSPS) is 12.3. The summed E-state index contributed by atoms with van der Waals surface area (Å²) in [6.07, 6.45) is 0. The van der Waals surface area contributed by atoms with Crippen molar-refractivity contribution in [2.24, 2.45) is 0 Å². The lowest BCUT2D eigenvalue weighted by atomic mass is 10.0. The molecule has 20 heavy (non-hydrogen) atoms. The average molecular weight is 443 g/mol. The molecule has 0 amide bonds. The van der Waals surface area contributed by atoms with E-state index in [0.717, 1.165) is 11.1 Å². The molecule has 2 aromatic carbocycles. The number of alkyl halides is 1. The van der Waals surface area contributed by atoms with Gasteiger partial charge in [0.2, 0.25) is 0 Å². The van der Waals surface area contributed by atoms with Crippen LogP contribution in [0.1, 0.15) is 16.0 Å². The molecule has 0 heterocycles. The zero-order valence-electron chi connectivity index (χ0n) is 10.3. The summed E-state index contributed by atoms with van der Waals surface area (Å²) >= 11 is 19.0. The molecule has 1 unspecified atom stereocenters. The summed E-state index contributed by atoms with van der Waals surface area (Å²) in [5.74, 6) is 0.171. The van der Waals surface area contributed by atoms with Crippen LogP contribution in [0.2, 0.25) is 10.0 Å². The Labute approximate surface area is 143 Å². The van der Waals surface area contributed by atoms with Gasteiger partial charge in [0, 0.05) is 11.1 Å². The molecule has 0 bridgehead atoms. The Kier molecular flexibility index (Phi) is 5.35. The minimum Gasteiger partial charge on any atom is -0.495 e. The molecule has 6 heteroatoms. The first-order valence-corrected chi connectivity index (χ1v) is 8.02. The van der Waals surface area contributed by atoms with Gasteiger partial charge < -0.3 is 4.74 Å². The lowest BCUT2D eigenvalue weighted by molar-refractivity contribution is 0.415. The van der Waals surface area contributed by atoms with Gasteiger partial charge in [0.1, 0.15) is 11.6 Å². The van der Waals surface area contributed by atoms with Crippen LogP contribution < -0.4 is 4.74 Å². The minimum absolute atomic E-state index is 0.263. The monoisotopic (exact) mass is 440 g/mol. The lowest BCUT2D eigenvalue weighted by Gasteiger charge is -2.15. The van der Waals surface area contributed by atoms with Crippen molar-refractivity contribution in [3.8, 4) is 5.75 Å². The zero-order chi connectivity index (χ0) is 14.9. The Bertz CT molecular complexity index is 649. The topological polar surface area (TPSA) is 9.23 Å². The van der Waals surface area contributed by atoms with Crippen LogP contribution >= 0.6 is 55.1 Å². The molecule has 0 aromatic heterocycles.